The molecule has 20 heavy (non-hydrogen) atoms. The Hall–Kier alpha value is -0.520. The van der Waals surface area contributed by atoms with Gasteiger partial charge in [0.25, 0.3) is 0 Å². The van der Waals surface area contributed by atoms with E-state index in [0.717, 1.165) is 37.9 Å². The number of anilines is 1. The first-order valence-electron chi connectivity index (χ1n) is 6.28. The third-order valence-electron chi connectivity index (χ3n) is 3.29. The summed E-state index contributed by atoms with van der Waals surface area (Å²) in [6, 6.07) is 12.5. The highest BCUT2D eigenvalue weighted by atomic mass is 79.9. The average Bonchev–Trinajstić information content (AvgIpc) is 2.43. The van der Waals surface area contributed by atoms with Crippen LogP contribution >= 0.6 is 47.8 Å². The van der Waals surface area contributed by atoms with E-state index in [1.165, 1.54) is 5.56 Å². The summed E-state index contributed by atoms with van der Waals surface area (Å²) < 4.78 is 8.89. The predicted octanol–water partition coefficient (Wildman–Crippen LogP) is 5.91. The third-order valence-corrected chi connectivity index (χ3v) is 5.11. The molecule has 3 rings (SSSR count). The molecule has 2 aromatic rings. The van der Waals surface area contributed by atoms with Crippen molar-refractivity contribution in [2.45, 2.75) is 12.5 Å². The topological polar surface area (TPSA) is 21.3 Å². The fourth-order valence-corrected chi connectivity index (χ4v) is 3.93. The summed E-state index contributed by atoms with van der Waals surface area (Å²) in [4.78, 5) is 0. The van der Waals surface area contributed by atoms with Crippen LogP contribution in [0.15, 0.2) is 49.8 Å². The normalized spacial score (nSPS) is 17.2. The quantitative estimate of drug-likeness (QED) is 0.600. The second-order valence-electron chi connectivity index (χ2n) is 4.61. The zero-order chi connectivity index (χ0) is 14.1. The van der Waals surface area contributed by atoms with Crippen LogP contribution in [0.1, 0.15) is 18.0 Å². The minimum absolute atomic E-state index is 0.242. The Morgan fingerprint density at radius 3 is 2.55 bits per heavy atom. The van der Waals surface area contributed by atoms with Gasteiger partial charge in [0.15, 0.2) is 0 Å². The van der Waals surface area contributed by atoms with Crippen molar-refractivity contribution < 1.29 is 4.74 Å². The van der Waals surface area contributed by atoms with Crippen LogP contribution in [0.25, 0.3) is 0 Å². The van der Waals surface area contributed by atoms with E-state index in [1.54, 1.807) is 0 Å². The number of para-hydroxylation sites is 1. The van der Waals surface area contributed by atoms with Gasteiger partial charge in [0.1, 0.15) is 5.75 Å². The van der Waals surface area contributed by atoms with Crippen molar-refractivity contribution in [3.63, 3.8) is 0 Å². The van der Waals surface area contributed by atoms with Gasteiger partial charge in [0, 0.05) is 25.4 Å². The maximum Gasteiger partial charge on any atom is 0.124 e. The van der Waals surface area contributed by atoms with Crippen LogP contribution < -0.4 is 10.1 Å². The Kier molecular flexibility index (Phi) is 4.38. The van der Waals surface area contributed by atoms with Gasteiger partial charge in [0.2, 0.25) is 0 Å². The molecule has 1 N–H and O–H groups in total. The molecule has 104 valence electrons. The molecule has 0 fully saturated rings. The fourth-order valence-electron chi connectivity index (χ4n) is 2.33. The number of hydrogen-bond acceptors (Lipinski definition) is 2. The molecule has 0 saturated heterocycles. The Morgan fingerprint density at radius 2 is 1.80 bits per heavy atom. The lowest BCUT2D eigenvalue weighted by atomic mass is 10.0. The second kappa shape index (κ2) is 6.08. The molecule has 2 nitrogen and oxygen atoms in total. The van der Waals surface area contributed by atoms with Crippen LogP contribution in [0.5, 0.6) is 5.75 Å². The highest BCUT2D eigenvalue weighted by Gasteiger charge is 2.22. The number of ether oxygens (including phenoxy) is 1. The van der Waals surface area contributed by atoms with Crippen LogP contribution in [0.4, 0.5) is 5.69 Å². The number of benzene rings is 2. The van der Waals surface area contributed by atoms with E-state index in [0.29, 0.717) is 0 Å². The third kappa shape index (κ3) is 2.90. The zero-order valence-corrected chi connectivity index (χ0v) is 15.3. The Bertz CT molecular complexity index is 625. The number of nitrogens with one attached hydrogen (secondary N) is 1. The average molecular weight is 462 g/mol. The summed E-state index contributed by atoms with van der Waals surface area (Å²) in [5.41, 5.74) is 2.26. The summed E-state index contributed by atoms with van der Waals surface area (Å²) in [5.74, 6) is 0.958. The summed E-state index contributed by atoms with van der Waals surface area (Å²) in [6.07, 6.45) is 0.942. The van der Waals surface area contributed by atoms with Crippen molar-refractivity contribution in [1.82, 2.24) is 0 Å². The standard InChI is InChI=1S/C15H12Br3NO/c16-9-4-5-14-10(8-9)13(6-7-20-14)19-15-11(17)2-1-3-12(15)18/h1-5,8,13,19H,6-7H2. The molecular weight excluding hydrogens is 450 g/mol. The van der Waals surface area contributed by atoms with E-state index in [2.05, 4.69) is 59.2 Å². The Balaban J connectivity index is 1.95. The van der Waals surface area contributed by atoms with E-state index in [4.69, 9.17) is 4.74 Å². The predicted molar refractivity (Wildman–Crippen MR) is 92.5 cm³/mol. The number of rotatable bonds is 2. The largest absolute Gasteiger partial charge is 0.493 e. The molecule has 0 saturated carbocycles. The maximum atomic E-state index is 5.72. The fraction of sp³-hybridized carbons (Fsp3) is 0.200. The zero-order valence-electron chi connectivity index (χ0n) is 10.5. The van der Waals surface area contributed by atoms with Crippen molar-refractivity contribution in [3.05, 3.63) is 55.4 Å². The van der Waals surface area contributed by atoms with Crippen LogP contribution in [-0.2, 0) is 0 Å². The van der Waals surface area contributed by atoms with Crippen LogP contribution in [0, 0.1) is 0 Å². The van der Waals surface area contributed by atoms with Crippen molar-refractivity contribution in [2.75, 3.05) is 11.9 Å². The smallest absolute Gasteiger partial charge is 0.124 e. The highest BCUT2D eigenvalue weighted by Crippen LogP contribution is 2.39. The first-order valence-corrected chi connectivity index (χ1v) is 8.66. The molecule has 1 aliphatic rings. The first-order chi connectivity index (χ1) is 9.65. The monoisotopic (exact) mass is 459 g/mol. The Morgan fingerprint density at radius 1 is 1.05 bits per heavy atom. The molecule has 0 amide bonds. The lowest BCUT2D eigenvalue weighted by molar-refractivity contribution is 0.274. The van der Waals surface area contributed by atoms with Crippen molar-refractivity contribution in [3.8, 4) is 5.75 Å². The van der Waals surface area contributed by atoms with Crippen LogP contribution in [0.3, 0.4) is 0 Å². The lowest BCUT2D eigenvalue weighted by Gasteiger charge is -2.28. The number of fused-ring (bicyclic) bond motifs is 1. The summed E-state index contributed by atoms with van der Waals surface area (Å²) >= 11 is 10.7. The molecule has 0 aliphatic carbocycles. The SMILES string of the molecule is Brc1ccc2c(c1)C(Nc1c(Br)cccc1Br)CCO2. The van der Waals surface area contributed by atoms with Gasteiger partial charge >= 0.3 is 0 Å². The number of hydrogen-bond donors (Lipinski definition) is 1. The van der Waals surface area contributed by atoms with Crippen molar-refractivity contribution >= 4 is 53.5 Å². The highest BCUT2D eigenvalue weighted by molar-refractivity contribution is 9.11. The minimum Gasteiger partial charge on any atom is -0.493 e. The van der Waals surface area contributed by atoms with Gasteiger partial charge < -0.3 is 10.1 Å². The lowest BCUT2D eigenvalue weighted by Crippen LogP contribution is -2.20. The van der Waals surface area contributed by atoms with E-state index < -0.39 is 0 Å². The van der Waals surface area contributed by atoms with Gasteiger partial charge in [-0.3, -0.25) is 0 Å². The van der Waals surface area contributed by atoms with E-state index in [-0.39, 0.29) is 6.04 Å². The summed E-state index contributed by atoms with van der Waals surface area (Å²) in [5, 5.41) is 3.61. The molecule has 1 heterocycles. The summed E-state index contributed by atoms with van der Waals surface area (Å²) in [6.45, 7) is 0.731. The molecular formula is C15H12Br3NO. The van der Waals surface area contributed by atoms with Crippen LogP contribution in [-0.4, -0.2) is 6.61 Å². The molecule has 0 aromatic heterocycles. The van der Waals surface area contributed by atoms with Crippen molar-refractivity contribution in [2.24, 2.45) is 0 Å². The maximum absolute atomic E-state index is 5.72. The Labute approximate surface area is 143 Å². The molecule has 0 bridgehead atoms. The van der Waals surface area contributed by atoms with Gasteiger partial charge in [-0.05, 0) is 62.2 Å². The van der Waals surface area contributed by atoms with Gasteiger partial charge in [-0.25, -0.2) is 0 Å². The molecule has 1 atom stereocenters. The van der Waals surface area contributed by atoms with Gasteiger partial charge in [-0.2, -0.15) is 0 Å². The molecule has 0 spiro atoms. The second-order valence-corrected chi connectivity index (χ2v) is 7.24. The molecule has 5 heteroatoms. The molecule has 1 aliphatic heterocycles. The van der Waals surface area contributed by atoms with E-state index in [9.17, 15) is 0 Å². The van der Waals surface area contributed by atoms with Gasteiger partial charge in [0.05, 0.1) is 18.3 Å². The van der Waals surface area contributed by atoms with Crippen molar-refractivity contribution in [1.29, 1.82) is 0 Å². The van der Waals surface area contributed by atoms with Gasteiger partial charge in [-0.15, -0.1) is 0 Å². The first kappa shape index (κ1) is 14.4. The van der Waals surface area contributed by atoms with Gasteiger partial charge in [-0.1, -0.05) is 22.0 Å². The molecule has 1 unspecified atom stereocenters. The summed E-state index contributed by atoms with van der Waals surface area (Å²) in [7, 11) is 0. The van der Waals surface area contributed by atoms with Crippen LogP contribution in [0.2, 0.25) is 0 Å². The van der Waals surface area contributed by atoms with E-state index >= 15 is 0 Å². The minimum atomic E-state index is 0.242. The number of halogens is 3. The molecule has 2 aromatic carbocycles. The van der Waals surface area contributed by atoms with E-state index in [1.807, 2.05) is 30.3 Å². The molecule has 0 radical (unpaired) electrons.